The van der Waals surface area contributed by atoms with Crippen LogP contribution in [-0.2, 0) is 12.1 Å². The Morgan fingerprint density at radius 3 is 2.90 bits per heavy atom. The van der Waals surface area contributed by atoms with Crippen LogP contribution in [0.15, 0.2) is 41.9 Å². The molecule has 0 spiro atoms. The number of nitrogens with one attached hydrogen (secondary N) is 1. The van der Waals surface area contributed by atoms with Crippen LogP contribution in [0, 0.1) is 0 Å². The van der Waals surface area contributed by atoms with E-state index in [4.69, 9.17) is 0 Å². The van der Waals surface area contributed by atoms with E-state index in [1.165, 1.54) is 10.6 Å². The van der Waals surface area contributed by atoms with E-state index in [1.807, 2.05) is 6.20 Å². The van der Waals surface area contributed by atoms with E-state index in [0.29, 0.717) is 0 Å². The van der Waals surface area contributed by atoms with Gasteiger partial charge in [-0.15, -0.1) is 11.3 Å². The van der Waals surface area contributed by atoms with Crippen LogP contribution in [-0.4, -0.2) is 29.5 Å². The van der Waals surface area contributed by atoms with Gasteiger partial charge in [-0.2, -0.15) is 0 Å². The second kappa shape index (κ2) is 6.69. The Bertz CT molecular complexity index is 540. The molecule has 1 aromatic heterocycles. The zero-order valence-electron chi connectivity index (χ0n) is 12.6. The molecule has 1 fully saturated rings. The summed E-state index contributed by atoms with van der Waals surface area (Å²) in [4.78, 5) is 7.14. The van der Waals surface area contributed by atoms with Crippen LogP contribution in [0.3, 0.4) is 0 Å². The molecule has 1 N–H and O–H groups in total. The number of likely N-dealkylation sites (tertiary alicyclic amines) is 1. The van der Waals surface area contributed by atoms with Gasteiger partial charge in [0.25, 0.3) is 0 Å². The molecule has 1 aliphatic rings. The van der Waals surface area contributed by atoms with Crippen molar-refractivity contribution < 1.29 is 0 Å². The molecule has 1 unspecified atom stereocenters. The molecule has 0 bridgehead atoms. The third-order valence-corrected chi connectivity index (χ3v) is 5.13. The smallest absolute Gasteiger partial charge is 0.114 e. The SMILES string of the molecule is CCCNC1(c2nccs2)CCN(Cc2ccccc2)C1. The number of hydrogen-bond acceptors (Lipinski definition) is 4. The molecule has 0 amide bonds. The van der Waals surface area contributed by atoms with Crippen LogP contribution in [0.1, 0.15) is 30.3 Å². The van der Waals surface area contributed by atoms with Crippen molar-refractivity contribution in [3.8, 4) is 0 Å². The number of aromatic nitrogens is 1. The van der Waals surface area contributed by atoms with Gasteiger partial charge in [0.1, 0.15) is 5.01 Å². The Morgan fingerprint density at radius 1 is 1.33 bits per heavy atom. The lowest BCUT2D eigenvalue weighted by atomic mass is 9.99. The molecule has 1 atom stereocenters. The van der Waals surface area contributed by atoms with Crippen molar-refractivity contribution in [1.29, 1.82) is 0 Å². The first kappa shape index (κ1) is 14.7. The van der Waals surface area contributed by atoms with E-state index in [9.17, 15) is 0 Å². The third-order valence-electron chi connectivity index (χ3n) is 4.15. The minimum Gasteiger partial charge on any atom is -0.304 e. The summed E-state index contributed by atoms with van der Waals surface area (Å²) in [5.41, 5.74) is 1.45. The lowest BCUT2D eigenvalue weighted by Gasteiger charge is -2.29. The van der Waals surface area contributed by atoms with E-state index < -0.39 is 0 Å². The molecule has 1 saturated heterocycles. The summed E-state index contributed by atoms with van der Waals surface area (Å²) in [5.74, 6) is 0. The predicted molar refractivity (Wildman–Crippen MR) is 88.4 cm³/mol. The number of thiazole rings is 1. The van der Waals surface area contributed by atoms with Crippen LogP contribution in [0.2, 0.25) is 0 Å². The summed E-state index contributed by atoms with van der Waals surface area (Å²) < 4.78 is 0. The Labute approximate surface area is 131 Å². The highest BCUT2D eigenvalue weighted by Gasteiger charge is 2.40. The zero-order chi connectivity index (χ0) is 14.5. The fourth-order valence-corrected chi connectivity index (χ4v) is 3.92. The van der Waals surface area contributed by atoms with Gasteiger partial charge in [-0.05, 0) is 24.9 Å². The Morgan fingerprint density at radius 2 is 2.19 bits per heavy atom. The fourth-order valence-electron chi connectivity index (χ4n) is 3.08. The Hall–Kier alpha value is -1.23. The lowest BCUT2D eigenvalue weighted by molar-refractivity contribution is 0.276. The second-order valence-corrected chi connectivity index (χ2v) is 6.69. The Kier molecular flexibility index (Phi) is 4.68. The van der Waals surface area contributed by atoms with Crippen LogP contribution in [0.4, 0.5) is 0 Å². The van der Waals surface area contributed by atoms with Gasteiger partial charge in [-0.1, -0.05) is 37.3 Å². The summed E-state index contributed by atoms with van der Waals surface area (Å²) in [6.07, 6.45) is 4.23. The van der Waals surface area contributed by atoms with Gasteiger partial charge in [-0.3, -0.25) is 4.90 Å². The van der Waals surface area contributed by atoms with Gasteiger partial charge in [0.2, 0.25) is 0 Å². The highest BCUT2D eigenvalue weighted by atomic mass is 32.1. The monoisotopic (exact) mass is 301 g/mol. The number of benzene rings is 1. The van der Waals surface area contributed by atoms with Gasteiger partial charge in [0, 0.05) is 31.2 Å². The highest BCUT2D eigenvalue weighted by Crippen LogP contribution is 2.34. The summed E-state index contributed by atoms with van der Waals surface area (Å²) >= 11 is 1.78. The summed E-state index contributed by atoms with van der Waals surface area (Å²) in [7, 11) is 0. The van der Waals surface area contributed by atoms with Crippen LogP contribution < -0.4 is 5.32 Å². The van der Waals surface area contributed by atoms with Crippen LogP contribution >= 0.6 is 11.3 Å². The van der Waals surface area contributed by atoms with E-state index in [0.717, 1.165) is 39.0 Å². The number of nitrogens with zero attached hydrogens (tertiary/aromatic N) is 2. The third kappa shape index (κ3) is 3.34. The topological polar surface area (TPSA) is 28.2 Å². The van der Waals surface area contributed by atoms with Crippen LogP contribution in [0.25, 0.3) is 0 Å². The van der Waals surface area contributed by atoms with Crippen molar-refractivity contribution in [2.75, 3.05) is 19.6 Å². The van der Waals surface area contributed by atoms with Gasteiger partial charge in [-0.25, -0.2) is 4.98 Å². The number of hydrogen-bond donors (Lipinski definition) is 1. The van der Waals surface area contributed by atoms with Gasteiger partial charge < -0.3 is 5.32 Å². The fraction of sp³-hybridized carbons (Fsp3) is 0.471. The van der Waals surface area contributed by atoms with Crippen molar-refractivity contribution in [3.63, 3.8) is 0 Å². The first-order valence-electron chi connectivity index (χ1n) is 7.74. The largest absolute Gasteiger partial charge is 0.304 e. The first-order chi connectivity index (χ1) is 10.3. The molecule has 1 aromatic carbocycles. The van der Waals surface area contributed by atoms with Crippen molar-refractivity contribution in [3.05, 3.63) is 52.5 Å². The average molecular weight is 301 g/mol. The molecule has 0 aliphatic carbocycles. The molecule has 1 aliphatic heterocycles. The van der Waals surface area contributed by atoms with Crippen molar-refractivity contribution in [2.24, 2.45) is 0 Å². The summed E-state index contributed by atoms with van der Waals surface area (Å²) in [5, 5.41) is 7.10. The van der Waals surface area contributed by atoms with Crippen molar-refractivity contribution in [1.82, 2.24) is 15.2 Å². The average Bonchev–Trinajstić information content (AvgIpc) is 3.17. The lowest BCUT2D eigenvalue weighted by Crippen LogP contribution is -2.45. The maximum atomic E-state index is 4.59. The molecule has 0 saturated carbocycles. The highest BCUT2D eigenvalue weighted by molar-refractivity contribution is 7.09. The summed E-state index contributed by atoms with van der Waals surface area (Å²) in [6, 6.07) is 10.7. The molecule has 112 valence electrons. The molecule has 3 nitrogen and oxygen atoms in total. The normalized spacial score (nSPS) is 22.7. The van der Waals surface area contributed by atoms with Gasteiger partial charge in [0.15, 0.2) is 0 Å². The minimum atomic E-state index is 0.0545. The quantitative estimate of drug-likeness (QED) is 0.888. The van der Waals surface area contributed by atoms with Crippen molar-refractivity contribution in [2.45, 2.75) is 31.8 Å². The first-order valence-corrected chi connectivity index (χ1v) is 8.62. The standard InChI is InChI=1S/C17H23N3S/c1-2-9-19-17(16-18-10-12-21-16)8-11-20(14-17)13-15-6-4-3-5-7-15/h3-7,10,12,19H,2,8-9,11,13-14H2,1H3. The van der Waals surface area contributed by atoms with Gasteiger partial charge >= 0.3 is 0 Å². The Balaban J connectivity index is 1.72. The number of rotatable bonds is 6. The van der Waals surface area contributed by atoms with E-state index >= 15 is 0 Å². The zero-order valence-corrected chi connectivity index (χ0v) is 13.4. The maximum Gasteiger partial charge on any atom is 0.114 e. The second-order valence-electron chi connectivity index (χ2n) is 5.79. The van der Waals surface area contributed by atoms with Crippen molar-refractivity contribution >= 4 is 11.3 Å². The molecule has 4 heteroatoms. The van der Waals surface area contributed by atoms with Crippen LogP contribution in [0.5, 0.6) is 0 Å². The minimum absolute atomic E-state index is 0.0545. The molecule has 2 heterocycles. The van der Waals surface area contributed by atoms with E-state index in [-0.39, 0.29) is 5.54 Å². The molecule has 21 heavy (non-hydrogen) atoms. The molecule has 3 rings (SSSR count). The predicted octanol–water partition coefficient (Wildman–Crippen LogP) is 3.24. The molecule has 0 radical (unpaired) electrons. The van der Waals surface area contributed by atoms with Gasteiger partial charge in [0.05, 0.1) is 5.54 Å². The molecule has 2 aromatic rings. The molecular weight excluding hydrogens is 278 g/mol. The van der Waals surface area contributed by atoms with E-state index in [1.54, 1.807) is 11.3 Å². The van der Waals surface area contributed by atoms with E-state index in [2.05, 4.69) is 57.8 Å². The summed E-state index contributed by atoms with van der Waals surface area (Å²) in [6.45, 7) is 6.49. The molecular formula is C17H23N3S. The maximum absolute atomic E-state index is 4.59.